The van der Waals surface area contributed by atoms with Gasteiger partial charge in [-0.25, -0.2) is 13.2 Å². The molecule has 1 aromatic carbocycles. The van der Waals surface area contributed by atoms with Crippen LogP contribution in [0.3, 0.4) is 0 Å². The molecule has 0 aromatic heterocycles. The van der Waals surface area contributed by atoms with Crippen molar-refractivity contribution in [1.29, 1.82) is 0 Å². The molecule has 0 saturated carbocycles. The van der Waals surface area contributed by atoms with Gasteiger partial charge in [-0.2, -0.15) is 4.31 Å². The fourth-order valence-electron chi connectivity index (χ4n) is 2.30. The Bertz CT molecular complexity index is 719. The molecular formula is C15H24N4O4S. The van der Waals surface area contributed by atoms with Crippen molar-refractivity contribution in [1.82, 2.24) is 9.21 Å². The number of ether oxygens (including phenoxy) is 1. The maximum absolute atomic E-state index is 12.7. The minimum absolute atomic E-state index is 0.0971. The lowest BCUT2D eigenvalue weighted by Crippen LogP contribution is -2.51. The van der Waals surface area contributed by atoms with Crippen molar-refractivity contribution in [2.45, 2.75) is 31.3 Å². The smallest absolute Gasteiger partial charge is 0.410 e. The second-order valence-electron chi connectivity index (χ2n) is 6.66. The van der Waals surface area contributed by atoms with Crippen molar-refractivity contribution in [2.24, 2.45) is 0 Å². The van der Waals surface area contributed by atoms with Gasteiger partial charge in [0.05, 0.1) is 16.3 Å². The molecule has 0 spiro atoms. The summed E-state index contributed by atoms with van der Waals surface area (Å²) in [6.07, 6.45) is -0.434. The Balaban J connectivity index is 2.05. The molecule has 8 nitrogen and oxygen atoms in total. The van der Waals surface area contributed by atoms with Crippen LogP contribution in [-0.2, 0) is 14.8 Å². The quantitative estimate of drug-likeness (QED) is 0.766. The van der Waals surface area contributed by atoms with Crippen LogP contribution in [0.25, 0.3) is 0 Å². The van der Waals surface area contributed by atoms with E-state index in [1.165, 1.54) is 27.4 Å². The topological polar surface area (TPSA) is 119 Å². The number of rotatable bonds is 2. The van der Waals surface area contributed by atoms with Gasteiger partial charge in [-0.3, -0.25) is 0 Å². The molecule has 1 amide bonds. The first-order valence-corrected chi connectivity index (χ1v) is 9.08. The van der Waals surface area contributed by atoms with Gasteiger partial charge in [-0.1, -0.05) is 0 Å². The van der Waals surface area contributed by atoms with Gasteiger partial charge in [0.25, 0.3) is 0 Å². The van der Waals surface area contributed by atoms with Gasteiger partial charge in [0.2, 0.25) is 10.0 Å². The second kappa shape index (κ2) is 6.48. The Kier molecular flexibility index (Phi) is 4.95. The average molecular weight is 356 g/mol. The minimum atomic E-state index is -3.67. The highest BCUT2D eigenvalue weighted by atomic mass is 32.2. The van der Waals surface area contributed by atoms with Crippen molar-refractivity contribution in [3.05, 3.63) is 18.2 Å². The van der Waals surface area contributed by atoms with E-state index in [1.807, 2.05) is 0 Å². The number of anilines is 2. The summed E-state index contributed by atoms with van der Waals surface area (Å²) in [6.45, 7) is 6.32. The van der Waals surface area contributed by atoms with E-state index < -0.39 is 21.7 Å². The van der Waals surface area contributed by atoms with Crippen molar-refractivity contribution >= 4 is 27.5 Å². The molecule has 0 bridgehead atoms. The molecule has 1 aromatic rings. The Hall–Kier alpha value is -2.00. The minimum Gasteiger partial charge on any atom is -0.444 e. The van der Waals surface area contributed by atoms with Crippen LogP contribution in [0.4, 0.5) is 16.2 Å². The highest BCUT2D eigenvalue weighted by Gasteiger charge is 2.32. The maximum Gasteiger partial charge on any atom is 0.410 e. The Labute approximate surface area is 142 Å². The molecular weight excluding hydrogens is 332 g/mol. The number of piperazine rings is 1. The second-order valence-corrected chi connectivity index (χ2v) is 8.60. The lowest BCUT2D eigenvalue weighted by Gasteiger charge is -2.35. The molecule has 9 heteroatoms. The van der Waals surface area contributed by atoms with Crippen LogP contribution in [-0.4, -0.2) is 55.5 Å². The van der Waals surface area contributed by atoms with Crippen molar-refractivity contribution in [3.8, 4) is 0 Å². The van der Waals surface area contributed by atoms with Crippen LogP contribution in [0.2, 0.25) is 0 Å². The predicted octanol–water partition coefficient (Wildman–Crippen LogP) is 1.09. The number of nitrogens with zero attached hydrogens (tertiary/aromatic N) is 2. The summed E-state index contributed by atoms with van der Waals surface area (Å²) in [7, 11) is -3.67. The molecule has 2 rings (SSSR count). The number of carbonyl (C=O) groups is 1. The third kappa shape index (κ3) is 4.09. The Morgan fingerprint density at radius 3 is 2.17 bits per heavy atom. The monoisotopic (exact) mass is 356 g/mol. The van der Waals surface area contributed by atoms with Gasteiger partial charge in [0.1, 0.15) is 5.60 Å². The number of nitrogen functional groups attached to an aromatic ring is 2. The zero-order valence-corrected chi connectivity index (χ0v) is 15.0. The van der Waals surface area contributed by atoms with Gasteiger partial charge in [0, 0.05) is 26.2 Å². The van der Waals surface area contributed by atoms with E-state index in [2.05, 4.69) is 0 Å². The van der Waals surface area contributed by atoms with E-state index >= 15 is 0 Å². The van der Waals surface area contributed by atoms with Gasteiger partial charge in [-0.05, 0) is 39.0 Å². The zero-order chi connectivity index (χ0) is 18.1. The van der Waals surface area contributed by atoms with Crippen LogP contribution in [0.5, 0.6) is 0 Å². The first kappa shape index (κ1) is 18.3. The molecule has 1 saturated heterocycles. The van der Waals surface area contributed by atoms with Crippen LogP contribution in [0.15, 0.2) is 23.1 Å². The number of amides is 1. The van der Waals surface area contributed by atoms with E-state index in [9.17, 15) is 13.2 Å². The lowest BCUT2D eigenvalue weighted by atomic mass is 10.2. The fraction of sp³-hybridized carbons (Fsp3) is 0.533. The first-order valence-electron chi connectivity index (χ1n) is 7.64. The lowest BCUT2D eigenvalue weighted by molar-refractivity contribution is 0.0192. The van der Waals surface area contributed by atoms with Crippen molar-refractivity contribution < 1.29 is 17.9 Å². The third-order valence-corrected chi connectivity index (χ3v) is 5.48. The van der Waals surface area contributed by atoms with E-state index in [-0.39, 0.29) is 36.8 Å². The Morgan fingerprint density at radius 2 is 1.67 bits per heavy atom. The van der Waals surface area contributed by atoms with Crippen LogP contribution < -0.4 is 11.5 Å². The summed E-state index contributed by atoms with van der Waals surface area (Å²) in [5.74, 6) is 0. The SMILES string of the molecule is CC(C)(C)OC(=O)N1CCN(S(=O)(=O)c2ccc(N)c(N)c2)CC1. The third-order valence-electron chi connectivity index (χ3n) is 3.59. The Morgan fingerprint density at radius 1 is 1.08 bits per heavy atom. The molecule has 0 radical (unpaired) electrons. The summed E-state index contributed by atoms with van der Waals surface area (Å²) in [5, 5.41) is 0. The van der Waals surface area contributed by atoms with Crippen molar-refractivity contribution in [2.75, 3.05) is 37.6 Å². The van der Waals surface area contributed by atoms with Gasteiger partial charge < -0.3 is 21.1 Å². The standard InChI is InChI=1S/C15H24N4O4S/c1-15(2,3)23-14(20)18-6-8-19(9-7-18)24(21,22)11-4-5-12(16)13(17)10-11/h4-5,10H,6-9,16-17H2,1-3H3. The van der Waals surface area contributed by atoms with Crippen LogP contribution in [0, 0.1) is 0 Å². The average Bonchev–Trinajstić information content (AvgIpc) is 2.48. The molecule has 0 atom stereocenters. The number of carbonyl (C=O) groups excluding carboxylic acids is 1. The van der Waals surface area contributed by atoms with Crippen LogP contribution >= 0.6 is 0 Å². The van der Waals surface area contributed by atoms with E-state index in [0.29, 0.717) is 5.69 Å². The maximum atomic E-state index is 12.7. The highest BCUT2D eigenvalue weighted by molar-refractivity contribution is 7.89. The summed E-state index contributed by atoms with van der Waals surface area (Å²) in [4.78, 5) is 13.6. The normalized spacial score (nSPS) is 16.9. The van der Waals surface area contributed by atoms with Gasteiger partial charge >= 0.3 is 6.09 Å². The molecule has 4 N–H and O–H groups in total. The summed E-state index contributed by atoms with van der Waals surface area (Å²) in [6, 6.07) is 4.26. The predicted molar refractivity (Wildman–Crippen MR) is 91.8 cm³/mol. The summed E-state index contributed by atoms with van der Waals surface area (Å²) >= 11 is 0. The molecule has 0 unspecified atom stereocenters. The van der Waals surface area contributed by atoms with Crippen LogP contribution in [0.1, 0.15) is 20.8 Å². The van der Waals surface area contributed by atoms with E-state index in [4.69, 9.17) is 16.2 Å². The molecule has 1 fully saturated rings. The fourth-order valence-corrected chi connectivity index (χ4v) is 3.76. The van der Waals surface area contributed by atoms with Crippen molar-refractivity contribution in [3.63, 3.8) is 0 Å². The molecule has 24 heavy (non-hydrogen) atoms. The molecule has 0 aliphatic carbocycles. The number of nitrogens with two attached hydrogens (primary N) is 2. The summed E-state index contributed by atoms with van der Waals surface area (Å²) in [5.41, 5.74) is 11.3. The molecule has 1 heterocycles. The number of benzene rings is 1. The molecule has 1 aliphatic rings. The molecule has 1 aliphatic heterocycles. The largest absolute Gasteiger partial charge is 0.444 e. The van der Waals surface area contributed by atoms with Gasteiger partial charge in [-0.15, -0.1) is 0 Å². The zero-order valence-electron chi connectivity index (χ0n) is 14.2. The van der Waals surface area contributed by atoms with E-state index in [0.717, 1.165) is 0 Å². The number of sulfonamides is 1. The summed E-state index contributed by atoms with van der Waals surface area (Å²) < 4.78 is 31.9. The highest BCUT2D eigenvalue weighted by Crippen LogP contribution is 2.23. The van der Waals surface area contributed by atoms with E-state index in [1.54, 1.807) is 20.8 Å². The number of hydrogen-bond acceptors (Lipinski definition) is 6. The number of hydrogen-bond donors (Lipinski definition) is 2. The molecule has 134 valence electrons. The first-order chi connectivity index (χ1) is 11.0. The van der Waals surface area contributed by atoms with Gasteiger partial charge in [0.15, 0.2) is 0 Å².